The number of rotatable bonds is 8. The van der Waals surface area contributed by atoms with E-state index < -0.39 is 8.32 Å². The van der Waals surface area contributed by atoms with Gasteiger partial charge in [-0.3, -0.25) is 9.78 Å². The molecule has 1 amide bonds. The topological polar surface area (TPSA) is 65.2 Å². The Bertz CT molecular complexity index is 550. The van der Waals surface area contributed by atoms with E-state index in [1.807, 2.05) is 18.3 Å². The number of aromatic nitrogens is 1. The molecule has 1 heterocycles. The summed E-state index contributed by atoms with van der Waals surface area (Å²) in [6.45, 7) is 13.1. The molecular formula is C19H32N2O2Si. The minimum atomic E-state index is -1.94. The molecule has 2 N–H and O–H groups in total. The van der Waals surface area contributed by atoms with E-state index in [1.165, 1.54) is 0 Å². The summed E-state index contributed by atoms with van der Waals surface area (Å²) < 4.78 is 6.47. The highest BCUT2D eigenvalue weighted by Gasteiger charge is 2.40. The summed E-state index contributed by atoms with van der Waals surface area (Å²) in [4.78, 5) is 15.6. The molecule has 0 aliphatic rings. The lowest BCUT2D eigenvalue weighted by Crippen LogP contribution is -2.46. The molecule has 0 bridgehead atoms. The highest BCUT2D eigenvalue weighted by atomic mass is 28.4. The molecule has 0 saturated carbocycles. The van der Waals surface area contributed by atoms with E-state index in [2.05, 4.69) is 57.9 Å². The molecule has 1 rings (SSSR count). The molecule has 0 spiro atoms. The van der Waals surface area contributed by atoms with Gasteiger partial charge in [-0.05, 0) is 42.1 Å². The summed E-state index contributed by atoms with van der Waals surface area (Å²) in [5.74, 6) is -0.0821. The average molecular weight is 349 g/mol. The lowest BCUT2D eigenvalue weighted by Gasteiger charge is -2.40. The molecular weight excluding hydrogens is 316 g/mol. The van der Waals surface area contributed by atoms with Gasteiger partial charge in [-0.1, -0.05) is 45.9 Å². The van der Waals surface area contributed by atoms with E-state index in [1.54, 1.807) is 6.20 Å². The summed E-state index contributed by atoms with van der Waals surface area (Å²) in [5, 5.41) is 0.105. The third-order valence-corrected chi connectivity index (χ3v) is 9.30. The lowest BCUT2D eigenvalue weighted by atomic mass is 9.97. The summed E-state index contributed by atoms with van der Waals surface area (Å²) in [7, 11) is -1.94. The van der Waals surface area contributed by atoms with E-state index in [-0.39, 0.29) is 29.4 Å². The maximum Gasteiger partial charge on any atom is 0.219 e. The molecule has 24 heavy (non-hydrogen) atoms. The largest absolute Gasteiger partial charge is 0.413 e. The first-order chi connectivity index (χ1) is 11.0. The Morgan fingerprint density at radius 3 is 2.58 bits per heavy atom. The van der Waals surface area contributed by atoms with Gasteiger partial charge in [0.25, 0.3) is 0 Å². The molecule has 0 aromatic carbocycles. The quantitative estimate of drug-likeness (QED) is 0.709. The van der Waals surface area contributed by atoms with Crippen LogP contribution in [0.4, 0.5) is 0 Å². The van der Waals surface area contributed by atoms with Crippen LogP contribution in [0.1, 0.15) is 46.1 Å². The van der Waals surface area contributed by atoms with Gasteiger partial charge in [-0.2, -0.15) is 0 Å². The van der Waals surface area contributed by atoms with Gasteiger partial charge in [0, 0.05) is 12.4 Å². The number of amides is 1. The maximum atomic E-state index is 11.5. The van der Waals surface area contributed by atoms with Crippen molar-refractivity contribution in [1.82, 2.24) is 4.98 Å². The van der Waals surface area contributed by atoms with Crippen molar-refractivity contribution in [3.05, 3.63) is 36.2 Å². The molecule has 2 atom stereocenters. The van der Waals surface area contributed by atoms with Gasteiger partial charge < -0.3 is 10.2 Å². The number of pyridine rings is 1. The van der Waals surface area contributed by atoms with Crippen molar-refractivity contribution in [2.24, 2.45) is 11.7 Å². The number of primary amides is 1. The summed E-state index contributed by atoms with van der Waals surface area (Å²) >= 11 is 0. The molecule has 0 aliphatic heterocycles. The maximum absolute atomic E-state index is 11.5. The Morgan fingerprint density at radius 2 is 2.08 bits per heavy atom. The summed E-state index contributed by atoms with van der Waals surface area (Å²) in [6.07, 6.45) is 8.73. The zero-order valence-corrected chi connectivity index (χ0v) is 16.9. The first-order valence-electron chi connectivity index (χ1n) is 8.55. The Hall–Kier alpha value is -1.46. The third-order valence-electron chi connectivity index (χ3n) is 4.79. The Labute approximate surface area is 147 Å². The highest BCUT2D eigenvalue weighted by Crippen LogP contribution is 2.38. The second-order valence-electron chi connectivity index (χ2n) is 7.99. The molecule has 134 valence electrons. The molecule has 1 aromatic heterocycles. The Balaban J connectivity index is 2.76. The summed E-state index contributed by atoms with van der Waals surface area (Å²) in [6, 6.07) is 3.93. The van der Waals surface area contributed by atoms with Gasteiger partial charge in [-0.15, -0.1) is 0 Å². The third kappa shape index (κ3) is 6.57. The number of carbonyl (C=O) groups is 1. The highest BCUT2D eigenvalue weighted by molar-refractivity contribution is 6.74. The molecule has 0 radical (unpaired) electrons. The van der Waals surface area contributed by atoms with E-state index >= 15 is 0 Å². The van der Waals surface area contributed by atoms with Crippen molar-refractivity contribution in [2.75, 3.05) is 0 Å². The number of allylic oxidation sites excluding steroid dienone is 1. The van der Waals surface area contributed by atoms with Gasteiger partial charge in [0.2, 0.25) is 5.91 Å². The van der Waals surface area contributed by atoms with E-state index in [9.17, 15) is 4.79 Å². The lowest BCUT2D eigenvalue weighted by molar-refractivity contribution is -0.120. The predicted octanol–water partition coefficient (Wildman–Crippen LogP) is 4.39. The molecule has 4 nitrogen and oxygen atoms in total. The number of carbonyl (C=O) groups excluding carboxylic acids is 1. The smallest absolute Gasteiger partial charge is 0.219 e. The van der Waals surface area contributed by atoms with E-state index in [0.29, 0.717) is 0 Å². The molecule has 0 aliphatic carbocycles. The Morgan fingerprint density at radius 1 is 1.42 bits per heavy atom. The predicted molar refractivity (Wildman–Crippen MR) is 103 cm³/mol. The molecule has 0 saturated heterocycles. The van der Waals surface area contributed by atoms with E-state index in [4.69, 9.17) is 10.2 Å². The average Bonchev–Trinajstić information content (AvgIpc) is 2.45. The molecule has 5 heteroatoms. The minimum Gasteiger partial charge on any atom is -0.413 e. The SMILES string of the molecule is C[C@H](CC=Cc1cccnc1)[C@H](CC(N)=O)O[Si](C)(C)C(C)(C)C. The van der Waals surface area contributed by atoms with Crippen molar-refractivity contribution < 1.29 is 9.22 Å². The second-order valence-corrected chi connectivity index (χ2v) is 12.7. The van der Waals surface area contributed by atoms with Crippen LogP contribution in [-0.2, 0) is 9.22 Å². The van der Waals surface area contributed by atoms with Gasteiger partial charge >= 0.3 is 0 Å². The van der Waals surface area contributed by atoms with Crippen LogP contribution < -0.4 is 5.73 Å². The van der Waals surface area contributed by atoms with Crippen LogP contribution >= 0.6 is 0 Å². The second kappa shape index (κ2) is 8.58. The fourth-order valence-electron chi connectivity index (χ4n) is 2.16. The number of hydrogen-bond acceptors (Lipinski definition) is 3. The van der Waals surface area contributed by atoms with Crippen LogP contribution in [-0.4, -0.2) is 25.3 Å². The number of hydrogen-bond donors (Lipinski definition) is 1. The molecule has 0 unspecified atom stereocenters. The minimum absolute atomic E-state index is 0.105. The summed E-state index contributed by atoms with van der Waals surface area (Å²) in [5.41, 5.74) is 6.52. The van der Waals surface area contributed by atoms with Crippen LogP contribution in [0.3, 0.4) is 0 Å². The first-order valence-corrected chi connectivity index (χ1v) is 11.5. The standard InChI is InChI=1S/C19H32N2O2Si/c1-15(9-7-10-16-11-8-12-21-14-16)17(13-18(20)22)23-24(5,6)19(2,3)4/h7-8,10-12,14-15,17H,9,13H2,1-6H3,(H2,20,22)/t15-,17+/m1/s1. The fourth-order valence-corrected chi connectivity index (χ4v) is 3.58. The van der Waals surface area contributed by atoms with Gasteiger partial charge in [0.1, 0.15) is 0 Å². The first kappa shape index (κ1) is 20.6. The van der Waals surface area contributed by atoms with Crippen LogP contribution in [0.15, 0.2) is 30.6 Å². The van der Waals surface area contributed by atoms with Crippen molar-refractivity contribution in [1.29, 1.82) is 0 Å². The zero-order valence-electron chi connectivity index (χ0n) is 15.9. The van der Waals surface area contributed by atoms with Crippen molar-refractivity contribution in [3.8, 4) is 0 Å². The van der Waals surface area contributed by atoms with Gasteiger partial charge in [-0.25, -0.2) is 0 Å². The zero-order chi connectivity index (χ0) is 18.4. The Kier molecular flexibility index (Phi) is 7.36. The fraction of sp³-hybridized carbons (Fsp3) is 0.579. The van der Waals surface area contributed by atoms with Crippen LogP contribution in [0, 0.1) is 5.92 Å². The molecule has 1 aromatic rings. The van der Waals surface area contributed by atoms with Gasteiger partial charge in [0.15, 0.2) is 8.32 Å². The monoisotopic (exact) mass is 348 g/mol. The van der Waals surface area contributed by atoms with Crippen molar-refractivity contribution in [2.45, 2.75) is 64.8 Å². The van der Waals surface area contributed by atoms with Crippen molar-refractivity contribution >= 4 is 20.3 Å². The van der Waals surface area contributed by atoms with Crippen molar-refractivity contribution in [3.63, 3.8) is 0 Å². The molecule has 0 fully saturated rings. The van der Waals surface area contributed by atoms with E-state index in [0.717, 1.165) is 12.0 Å². The van der Waals surface area contributed by atoms with Crippen LogP contribution in [0.5, 0.6) is 0 Å². The van der Waals surface area contributed by atoms with Gasteiger partial charge in [0.05, 0.1) is 12.5 Å². The normalized spacial score (nSPS) is 15.4. The number of nitrogens with zero attached hydrogens (tertiary/aromatic N) is 1. The number of nitrogens with two attached hydrogens (primary N) is 1. The van der Waals surface area contributed by atoms with Crippen LogP contribution in [0.2, 0.25) is 18.1 Å². The van der Waals surface area contributed by atoms with Crippen LogP contribution in [0.25, 0.3) is 6.08 Å².